The molecule has 0 unspecified atom stereocenters. The molecule has 8 nitrogen and oxygen atoms in total. The van der Waals surface area contributed by atoms with Crippen LogP contribution >= 0.6 is 11.6 Å². The predicted molar refractivity (Wildman–Crippen MR) is 112 cm³/mol. The van der Waals surface area contributed by atoms with Crippen molar-refractivity contribution in [3.8, 4) is 11.1 Å². The van der Waals surface area contributed by atoms with Gasteiger partial charge >= 0.3 is 12.3 Å². The molecule has 0 aromatic carbocycles. The summed E-state index contributed by atoms with van der Waals surface area (Å²) in [6, 6.07) is 2.59. The molecule has 0 spiro atoms. The van der Waals surface area contributed by atoms with Gasteiger partial charge in [0.15, 0.2) is 11.3 Å². The van der Waals surface area contributed by atoms with Gasteiger partial charge in [0.25, 0.3) is 5.91 Å². The van der Waals surface area contributed by atoms with Crippen molar-refractivity contribution in [1.82, 2.24) is 24.2 Å². The minimum absolute atomic E-state index is 0.0404. The molecule has 1 N–H and O–H groups in total. The molecule has 0 radical (unpaired) electrons. The van der Waals surface area contributed by atoms with Crippen molar-refractivity contribution in [2.24, 2.45) is 0 Å². The minimum Gasteiger partial charge on any atom is -0.448 e. The first kappa shape index (κ1) is 21.6. The second-order valence-corrected chi connectivity index (χ2v) is 8.37. The number of nitrogens with zero attached hydrogens (tertiary/aromatic N) is 4. The van der Waals surface area contributed by atoms with Crippen molar-refractivity contribution in [2.45, 2.75) is 25.1 Å². The first-order valence-corrected chi connectivity index (χ1v) is 10.8. The van der Waals surface area contributed by atoms with Gasteiger partial charge in [0, 0.05) is 48.8 Å². The van der Waals surface area contributed by atoms with Crippen molar-refractivity contribution in [3.63, 3.8) is 0 Å². The van der Waals surface area contributed by atoms with Crippen LogP contribution in [0.4, 0.5) is 18.0 Å². The first-order valence-electron chi connectivity index (χ1n) is 10.4. The lowest BCUT2D eigenvalue weighted by molar-refractivity contribution is -0.136. The van der Waals surface area contributed by atoms with E-state index in [9.17, 15) is 22.8 Å². The van der Waals surface area contributed by atoms with E-state index in [1.165, 1.54) is 11.1 Å². The Balaban J connectivity index is 1.46. The monoisotopic (exact) mass is 481 g/mol. The van der Waals surface area contributed by atoms with Gasteiger partial charge in [0.1, 0.15) is 11.8 Å². The van der Waals surface area contributed by atoms with Crippen LogP contribution in [-0.4, -0.2) is 68.5 Å². The molecular formula is C21H19ClF3N5O3. The SMILES string of the molecule is O=C(c1nc2c(C(F)(F)F)cc(-c3cc[nH]c3)cn2c1Cl)N1CCC(N2CCOC2=O)CC1. The van der Waals surface area contributed by atoms with Crippen LogP contribution in [0.25, 0.3) is 16.8 Å². The van der Waals surface area contributed by atoms with Crippen LogP contribution < -0.4 is 0 Å². The van der Waals surface area contributed by atoms with Crippen LogP contribution in [0.2, 0.25) is 5.15 Å². The van der Waals surface area contributed by atoms with Gasteiger partial charge < -0.3 is 19.5 Å². The van der Waals surface area contributed by atoms with Gasteiger partial charge in [-0.1, -0.05) is 11.6 Å². The highest BCUT2D eigenvalue weighted by Gasteiger charge is 2.38. The zero-order valence-electron chi connectivity index (χ0n) is 17.2. The Kier molecular flexibility index (Phi) is 5.23. The Morgan fingerprint density at radius 1 is 1.21 bits per heavy atom. The van der Waals surface area contributed by atoms with E-state index < -0.39 is 23.3 Å². The number of carbonyl (C=O) groups is 2. The normalized spacial score (nSPS) is 17.8. The molecule has 2 aliphatic heterocycles. The number of piperidine rings is 1. The number of halogens is 4. The highest BCUT2D eigenvalue weighted by atomic mass is 35.5. The van der Waals surface area contributed by atoms with Crippen molar-refractivity contribution in [1.29, 1.82) is 0 Å². The molecule has 0 aliphatic carbocycles. The number of nitrogens with one attached hydrogen (secondary N) is 1. The van der Waals surface area contributed by atoms with Crippen LogP contribution in [-0.2, 0) is 10.9 Å². The minimum atomic E-state index is -4.69. The number of hydrogen-bond donors (Lipinski definition) is 1. The molecule has 2 saturated heterocycles. The van der Waals surface area contributed by atoms with Gasteiger partial charge in [-0.15, -0.1) is 0 Å². The molecular weight excluding hydrogens is 463 g/mol. The fourth-order valence-electron chi connectivity index (χ4n) is 4.39. The maximum absolute atomic E-state index is 13.8. The lowest BCUT2D eigenvalue weighted by Crippen LogP contribution is -2.47. The van der Waals surface area contributed by atoms with E-state index in [0.29, 0.717) is 44.6 Å². The summed E-state index contributed by atoms with van der Waals surface area (Å²) in [7, 11) is 0. The van der Waals surface area contributed by atoms with E-state index in [2.05, 4.69) is 9.97 Å². The molecule has 5 heterocycles. The predicted octanol–water partition coefficient (Wildman–Crippen LogP) is 4.06. The zero-order chi connectivity index (χ0) is 23.3. The Morgan fingerprint density at radius 2 is 1.97 bits per heavy atom. The fraction of sp³-hybridized carbons (Fsp3) is 0.381. The first-order chi connectivity index (χ1) is 15.7. The lowest BCUT2D eigenvalue weighted by atomic mass is 10.0. The summed E-state index contributed by atoms with van der Waals surface area (Å²) >= 11 is 6.39. The molecule has 3 aromatic heterocycles. The molecule has 5 rings (SSSR count). The second kappa shape index (κ2) is 7.98. The van der Waals surface area contributed by atoms with Crippen LogP contribution in [0.15, 0.2) is 30.7 Å². The number of pyridine rings is 1. The highest BCUT2D eigenvalue weighted by molar-refractivity contribution is 6.33. The number of carbonyl (C=O) groups excluding carboxylic acids is 2. The molecule has 2 fully saturated rings. The molecule has 2 amide bonds. The molecule has 0 bridgehead atoms. The third-order valence-corrected chi connectivity index (χ3v) is 6.45. The summed E-state index contributed by atoms with van der Waals surface area (Å²) < 4.78 is 47.5. The van der Waals surface area contributed by atoms with Gasteiger partial charge in [-0.05, 0) is 25.0 Å². The highest BCUT2D eigenvalue weighted by Crippen LogP contribution is 2.37. The Bertz CT molecular complexity index is 1220. The quantitative estimate of drug-likeness (QED) is 0.611. The number of H-pyrrole nitrogens is 1. The summed E-state index contributed by atoms with van der Waals surface area (Å²) in [6.45, 7) is 1.52. The number of alkyl halides is 3. The van der Waals surface area contributed by atoms with Crippen molar-refractivity contribution < 1.29 is 27.5 Å². The maximum atomic E-state index is 13.8. The van der Waals surface area contributed by atoms with Gasteiger partial charge in [-0.25, -0.2) is 9.78 Å². The van der Waals surface area contributed by atoms with Crippen LogP contribution in [0.5, 0.6) is 0 Å². The van der Waals surface area contributed by atoms with Crippen LogP contribution in [0.3, 0.4) is 0 Å². The summed E-state index contributed by atoms with van der Waals surface area (Å²) in [5, 5.41) is -0.178. The molecule has 2 aliphatic rings. The molecule has 0 atom stereocenters. The van der Waals surface area contributed by atoms with Gasteiger partial charge in [0.05, 0.1) is 12.1 Å². The number of aromatic nitrogens is 3. The topological polar surface area (TPSA) is 82.9 Å². The largest absolute Gasteiger partial charge is 0.448 e. The fourth-order valence-corrected chi connectivity index (χ4v) is 4.64. The van der Waals surface area contributed by atoms with Gasteiger partial charge in [-0.3, -0.25) is 9.20 Å². The average molecular weight is 482 g/mol. The smallest absolute Gasteiger partial charge is 0.420 e. The second-order valence-electron chi connectivity index (χ2n) is 8.02. The third-order valence-electron chi connectivity index (χ3n) is 6.09. The number of fused-ring (bicyclic) bond motifs is 1. The van der Waals surface area contributed by atoms with Crippen molar-refractivity contribution >= 4 is 29.2 Å². The summed E-state index contributed by atoms with van der Waals surface area (Å²) in [5.41, 5.74) is -0.805. The summed E-state index contributed by atoms with van der Waals surface area (Å²) in [5.74, 6) is -0.539. The van der Waals surface area contributed by atoms with E-state index in [4.69, 9.17) is 16.3 Å². The number of imidazole rings is 1. The van der Waals surface area contributed by atoms with Crippen LogP contribution in [0.1, 0.15) is 28.9 Å². The van der Waals surface area contributed by atoms with Crippen LogP contribution in [0, 0.1) is 0 Å². The number of amides is 2. The molecule has 0 saturated carbocycles. The summed E-state index contributed by atoms with van der Waals surface area (Å²) in [6.07, 6.45) is 0.632. The number of aromatic amines is 1. The number of hydrogen-bond acceptors (Lipinski definition) is 4. The molecule has 3 aromatic rings. The zero-order valence-corrected chi connectivity index (χ0v) is 18.0. The lowest BCUT2D eigenvalue weighted by Gasteiger charge is -2.35. The maximum Gasteiger partial charge on any atom is 0.420 e. The number of ether oxygens (including phenoxy) is 1. The van der Waals surface area contributed by atoms with E-state index in [-0.39, 0.29) is 28.5 Å². The Hall–Kier alpha value is -3.21. The molecule has 33 heavy (non-hydrogen) atoms. The van der Waals surface area contributed by atoms with E-state index >= 15 is 0 Å². The van der Waals surface area contributed by atoms with Gasteiger partial charge in [-0.2, -0.15) is 13.2 Å². The van der Waals surface area contributed by atoms with E-state index in [0.717, 1.165) is 10.5 Å². The molecule has 12 heteroatoms. The number of cyclic esters (lactones) is 1. The Labute approximate surface area is 190 Å². The molecule has 174 valence electrons. The van der Waals surface area contributed by atoms with Gasteiger partial charge in [0.2, 0.25) is 0 Å². The van der Waals surface area contributed by atoms with E-state index in [1.807, 2.05) is 0 Å². The van der Waals surface area contributed by atoms with E-state index in [1.54, 1.807) is 23.4 Å². The number of likely N-dealkylation sites (tertiary alicyclic amines) is 1. The third kappa shape index (κ3) is 3.79. The van der Waals surface area contributed by atoms with Crippen molar-refractivity contribution in [2.75, 3.05) is 26.2 Å². The summed E-state index contributed by atoms with van der Waals surface area (Å²) in [4.78, 5) is 34.9. The standard InChI is InChI=1S/C21H19ClF3N5O3/c22-17-16(19(31)28-5-2-14(3-6-28)29-7-8-33-20(29)32)27-18-15(21(23,24)25)9-13(11-30(17)18)12-1-4-26-10-12/h1,4,9-11,14,26H,2-3,5-8H2. The average Bonchev–Trinajstić information content (AvgIpc) is 3.53. The van der Waals surface area contributed by atoms with Crippen molar-refractivity contribution in [3.05, 3.63) is 47.1 Å². The Morgan fingerprint density at radius 3 is 2.58 bits per heavy atom. The number of rotatable bonds is 3.